The topological polar surface area (TPSA) is 15.3 Å². The van der Waals surface area contributed by atoms with Gasteiger partial charge in [0.05, 0.1) is 0 Å². The van der Waals surface area contributed by atoms with Gasteiger partial charge >= 0.3 is 0 Å². The molecule has 104 valence electrons. The molecule has 2 fully saturated rings. The Morgan fingerprint density at radius 2 is 2.05 bits per heavy atom. The second-order valence-electron chi connectivity index (χ2n) is 6.12. The molecule has 1 saturated carbocycles. The molecule has 0 radical (unpaired) electrons. The molecule has 1 aliphatic heterocycles. The summed E-state index contributed by atoms with van der Waals surface area (Å²) in [5.74, 6) is 0. The molecule has 2 unspecified atom stereocenters. The van der Waals surface area contributed by atoms with Crippen LogP contribution in [0.2, 0.25) is 5.02 Å². The van der Waals surface area contributed by atoms with E-state index in [4.69, 9.17) is 11.6 Å². The summed E-state index contributed by atoms with van der Waals surface area (Å²) in [5, 5.41) is 4.62. The average molecular weight is 279 g/mol. The highest BCUT2D eigenvalue weighted by Gasteiger charge is 2.38. The molecule has 1 saturated heterocycles. The predicted molar refractivity (Wildman–Crippen MR) is 80.6 cm³/mol. The number of nitrogens with zero attached hydrogens (tertiary/aromatic N) is 1. The third kappa shape index (κ3) is 2.96. The number of benzene rings is 1. The molecule has 1 N–H and O–H groups in total. The molecule has 0 spiro atoms. The maximum atomic E-state index is 6.27. The van der Waals surface area contributed by atoms with Gasteiger partial charge in [-0.15, -0.1) is 0 Å². The van der Waals surface area contributed by atoms with Gasteiger partial charge in [0.15, 0.2) is 0 Å². The summed E-state index contributed by atoms with van der Waals surface area (Å²) in [6.07, 6.45) is 4.06. The molecule has 0 amide bonds. The molecule has 1 aliphatic carbocycles. The van der Waals surface area contributed by atoms with Gasteiger partial charge in [-0.1, -0.05) is 29.8 Å². The van der Waals surface area contributed by atoms with Crippen LogP contribution in [0.5, 0.6) is 0 Å². The maximum absolute atomic E-state index is 6.27. The Balaban J connectivity index is 1.61. The first-order valence-corrected chi connectivity index (χ1v) is 7.79. The van der Waals surface area contributed by atoms with Crippen molar-refractivity contribution in [3.63, 3.8) is 0 Å². The number of halogens is 1. The molecule has 3 heteroatoms. The van der Waals surface area contributed by atoms with Crippen LogP contribution in [-0.4, -0.2) is 29.6 Å². The summed E-state index contributed by atoms with van der Waals surface area (Å²) < 4.78 is 0. The number of nitrogens with one attached hydrogen (secondary N) is 1. The van der Waals surface area contributed by atoms with E-state index in [0.29, 0.717) is 12.1 Å². The zero-order valence-corrected chi connectivity index (χ0v) is 12.5. The van der Waals surface area contributed by atoms with Crippen LogP contribution in [0, 0.1) is 0 Å². The van der Waals surface area contributed by atoms with Gasteiger partial charge in [0, 0.05) is 35.7 Å². The van der Waals surface area contributed by atoms with Crippen molar-refractivity contribution in [2.75, 3.05) is 6.54 Å². The normalized spacial score (nSPS) is 29.6. The minimum atomic E-state index is 0.324. The van der Waals surface area contributed by atoms with Crippen molar-refractivity contribution in [1.29, 1.82) is 0 Å². The lowest BCUT2D eigenvalue weighted by Gasteiger charge is -2.22. The zero-order valence-electron chi connectivity index (χ0n) is 11.8. The Kier molecular flexibility index (Phi) is 3.84. The number of rotatable bonds is 4. The van der Waals surface area contributed by atoms with Crippen molar-refractivity contribution in [2.24, 2.45) is 0 Å². The van der Waals surface area contributed by atoms with Crippen LogP contribution in [0.25, 0.3) is 0 Å². The van der Waals surface area contributed by atoms with Gasteiger partial charge in [-0.2, -0.15) is 0 Å². The Bertz CT molecular complexity index is 444. The molecule has 2 nitrogen and oxygen atoms in total. The van der Waals surface area contributed by atoms with E-state index >= 15 is 0 Å². The highest BCUT2D eigenvalue weighted by atomic mass is 35.5. The molecule has 0 bridgehead atoms. The van der Waals surface area contributed by atoms with Crippen LogP contribution in [0.1, 0.15) is 44.7 Å². The fourth-order valence-corrected chi connectivity index (χ4v) is 3.66. The smallest absolute Gasteiger partial charge is 0.0453 e. The van der Waals surface area contributed by atoms with E-state index in [1.807, 2.05) is 12.1 Å². The first-order valence-electron chi connectivity index (χ1n) is 7.41. The Hall–Kier alpha value is -0.570. The van der Waals surface area contributed by atoms with Crippen LogP contribution in [-0.2, 0) is 0 Å². The van der Waals surface area contributed by atoms with Gasteiger partial charge < -0.3 is 5.32 Å². The molecular weight excluding hydrogens is 256 g/mol. The fraction of sp³-hybridized carbons (Fsp3) is 0.625. The lowest BCUT2D eigenvalue weighted by atomic mass is 10.1. The van der Waals surface area contributed by atoms with E-state index in [1.165, 1.54) is 31.4 Å². The summed E-state index contributed by atoms with van der Waals surface area (Å²) in [6, 6.07) is 10.7. The Morgan fingerprint density at radius 3 is 2.74 bits per heavy atom. The maximum Gasteiger partial charge on any atom is 0.0453 e. The van der Waals surface area contributed by atoms with Crippen LogP contribution in [0.3, 0.4) is 0 Å². The van der Waals surface area contributed by atoms with Crippen molar-refractivity contribution in [1.82, 2.24) is 10.2 Å². The molecule has 1 aromatic rings. The van der Waals surface area contributed by atoms with Crippen LogP contribution < -0.4 is 5.32 Å². The lowest BCUT2D eigenvalue weighted by molar-refractivity contribution is 0.254. The lowest BCUT2D eigenvalue weighted by Crippen LogP contribution is -2.35. The van der Waals surface area contributed by atoms with Gasteiger partial charge in [0.2, 0.25) is 0 Å². The van der Waals surface area contributed by atoms with E-state index in [0.717, 1.165) is 17.1 Å². The van der Waals surface area contributed by atoms with Gasteiger partial charge in [0.1, 0.15) is 0 Å². The number of hydrogen-bond acceptors (Lipinski definition) is 2. The molecule has 3 rings (SSSR count). The molecule has 1 aromatic carbocycles. The summed E-state index contributed by atoms with van der Waals surface area (Å²) >= 11 is 6.27. The van der Waals surface area contributed by atoms with Crippen LogP contribution >= 0.6 is 11.6 Å². The molecule has 1 heterocycles. The van der Waals surface area contributed by atoms with Crippen molar-refractivity contribution < 1.29 is 0 Å². The summed E-state index contributed by atoms with van der Waals surface area (Å²) in [7, 11) is 0. The van der Waals surface area contributed by atoms with Crippen molar-refractivity contribution in [3.05, 3.63) is 34.9 Å². The van der Waals surface area contributed by atoms with Crippen molar-refractivity contribution in [2.45, 2.75) is 57.3 Å². The first-order chi connectivity index (χ1) is 9.15. The number of hydrogen-bond donors (Lipinski definition) is 1. The SMILES string of the molecule is CC1CC(N[C@H](C)c2ccccc2Cl)CN1C1CC1. The Labute approximate surface area is 121 Å². The highest BCUT2D eigenvalue weighted by molar-refractivity contribution is 6.31. The summed E-state index contributed by atoms with van der Waals surface area (Å²) in [4.78, 5) is 2.68. The van der Waals surface area contributed by atoms with Gasteiger partial charge in [-0.25, -0.2) is 0 Å². The number of likely N-dealkylation sites (tertiary alicyclic amines) is 1. The van der Waals surface area contributed by atoms with E-state index in [2.05, 4.69) is 36.2 Å². The largest absolute Gasteiger partial charge is 0.306 e. The second-order valence-corrected chi connectivity index (χ2v) is 6.53. The van der Waals surface area contributed by atoms with E-state index in [9.17, 15) is 0 Å². The van der Waals surface area contributed by atoms with Crippen molar-refractivity contribution in [3.8, 4) is 0 Å². The van der Waals surface area contributed by atoms with Crippen LogP contribution in [0.4, 0.5) is 0 Å². The van der Waals surface area contributed by atoms with Gasteiger partial charge in [-0.05, 0) is 44.7 Å². The molecule has 19 heavy (non-hydrogen) atoms. The van der Waals surface area contributed by atoms with E-state index in [1.54, 1.807) is 0 Å². The van der Waals surface area contributed by atoms with Gasteiger partial charge in [0.25, 0.3) is 0 Å². The zero-order chi connectivity index (χ0) is 13.4. The fourth-order valence-electron chi connectivity index (χ4n) is 3.36. The monoisotopic (exact) mass is 278 g/mol. The quantitative estimate of drug-likeness (QED) is 0.905. The predicted octanol–water partition coefficient (Wildman–Crippen LogP) is 3.62. The van der Waals surface area contributed by atoms with E-state index in [-0.39, 0.29) is 0 Å². The van der Waals surface area contributed by atoms with E-state index < -0.39 is 0 Å². The first kappa shape index (κ1) is 13.4. The molecule has 3 atom stereocenters. The minimum Gasteiger partial charge on any atom is -0.306 e. The average Bonchev–Trinajstić information content (AvgIpc) is 3.15. The Morgan fingerprint density at radius 1 is 1.32 bits per heavy atom. The summed E-state index contributed by atoms with van der Waals surface area (Å²) in [6.45, 7) is 5.77. The standard InChI is InChI=1S/C16H23ClN2/c1-11-9-13(10-19(11)14-7-8-14)18-12(2)15-5-3-4-6-16(15)17/h3-6,11-14,18H,7-10H2,1-2H3/t11?,12-,13?/m1/s1. The molecular formula is C16H23ClN2. The van der Waals surface area contributed by atoms with Crippen LogP contribution in [0.15, 0.2) is 24.3 Å². The second kappa shape index (κ2) is 5.43. The third-order valence-corrected chi connectivity index (χ3v) is 4.84. The summed E-state index contributed by atoms with van der Waals surface area (Å²) in [5.41, 5.74) is 1.21. The molecule has 0 aromatic heterocycles. The van der Waals surface area contributed by atoms with Crippen molar-refractivity contribution >= 4 is 11.6 Å². The minimum absolute atomic E-state index is 0.324. The highest BCUT2D eigenvalue weighted by Crippen LogP contribution is 2.34. The third-order valence-electron chi connectivity index (χ3n) is 4.50. The molecule has 2 aliphatic rings. The van der Waals surface area contributed by atoms with Gasteiger partial charge in [-0.3, -0.25) is 4.90 Å².